The first-order valence-corrected chi connectivity index (χ1v) is 8.31. The Morgan fingerprint density at radius 3 is 2.57 bits per heavy atom. The lowest BCUT2D eigenvalue weighted by Crippen LogP contribution is -2.38. The monoisotopic (exact) mass is 309 g/mol. The average Bonchev–Trinajstić information content (AvgIpc) is 2.94. The molecule has 0 heterocycles. The summed E-state index contributed by atoms with van der Waals surface area (Å²) in [6.45, 7) is 0.170. The lowest BCUT2D eigenvalue weighted by atomic mass is 9.88. The number of nitrogens with two attached hydrogens (primary N) is 1. The van der Waals surface area contributed by atoms with Gasteiger partial charge in [-0.1, -0.05) is 12.8 Å². The molecule has 0 saturated heterocycles. The molecular formula is C14H19N3O3S. The van der Waals surface area contributed by atoms with E-state index in [0.29, 0.717) is 5.56 Å². The van der Waals surface area contributed by atoms with Crippen molar-refractivity contribution in [3.8, 4) is 6.07 Å². The Hall–Kier alpha value is -1.62. The fourth-order valence-corrected chi connectivity index (χ4v) is 3.97. The van der Waals surface area contributed by atoms with Gasteiger partial charge in [-0.3, -0.25) is 0 Å². The van der Waals surface area contributed by atoms with Gasteiger partial charge in [0.15, 0.2) is 0 Å². The SMILES string of the molecule is N#Cc1ccc(S(=O)(=O)NCC2(CO)CCCC2)c(N)c1. The second-order valence-electron chi connectivity index (χ2n) is 5.55. The summed E-state index contributed by atoms with van der Waals surface area (Å²) in [4.78, 5) is -0.0346. The third-order valence-electron chi connectivity index (χ3n) is 4.07. The molecule has 1 aliphatic rings. The van der Waals surface area contributed by atoms with E-state index in [-0.39, 0.29) is 29.1 Å². The van der Waals surface area contributed by atoms with E-state index in [4.69, 9.17) is 11.0 Å². The number of sulfonamides is 1. The Balaban J connectivity index is 2.17. The second kappa shape index (κ2) is 6.02. The van der Waals surface area contributed by atoms with Crippen molar-refractivity contribution in [2.75, 3.05) is 18.9 Å². The van der Waals surface area contributed by atoms with E-state index < -0.39 is 10.0 Å². The normalized spacial score (nSPS) is 17.5. The van der Waals surface area contributed by atoms with E-state index >= 15 is 0 Å². The zero-order valence-electron chi connectivity index (χ0n) is 11.7. The number of hydrogen-bond acceptors (Lipinski definition) is 5. The standard InChI is InChI=1S/C14H19N3O3S/c15-8-11-3-4-13(12(16)7-11)21(19,20)17-9-14(10-18)5-1-2-6-14/h3-4,7,17-18H,1-2,5-6,9-10,16H2. The van der Waals surface area contributed by atoms with Crippen LogP contribution in [0.1, 0.15) is 31.2 Å². The Labute approximate surface area is 124 Å². The van der Waals surface area contributed by atoms with Crippen molar-refractivity contribution in [1.82, 2.24) is 4.72 Å². The van der Waals surface area contributed by atoms with Crippen LogP contribution in [0.5, 0.6) is 0 Å². The van der Waals surface area contributed by atoms with Gasteiger partial charge in [-0.2, -0.15) is 5.26 Å². The lowest BCUT2D eigenvalue weighted by molar-refractivity contribution is 0.134. The van der Waals surface area contributed by atoms with Gasteiger partial charge < -0.3 is 10.8 Å². The number of anilines is 1. The molecule has 0 bridgehead atoms. The van der Waals surface area contributed by atoms with Crippen molar-refractivity contribution in [1.29, 1.82) is 5.26 Å². The van der Waals surface area contributed by atoms with Crippen molar-refractivity contribution in [3.63, 3.8) is 0 Å². The number of nitrogens with one attached hydrogen (secondary N) is 1. The van der Waals surface area contributed by atoms with Gasteiger partial charge in [-0.15, -0.1) is 0 Å². The van der Waals surface area contributed by atoms with Crippen LogP contribution in [0.25, 0.3) is 0 Å². The number of rotatable bonds is 5. The highest BCUT2D eigenvalue weighted by molar-refractivity contribution is 7.89. The molecule has 2 rings (SSSR count). The maximum Gasteiger partial charge on any atom is 0.242 e. The van der Waals surface area contributed by atoms with Crippen LogP contribution in [0.3, 0.4) is 0 Å². The van der Waals surface area contributed by atoms with Crippen LogP contribution in [0.4, 0.5) is 5.69 Å². The Bertz CT molecular complexity index is 659. The minimum Gasteiger partial charge on any atom is -0.398 e. The minimum atomic E-state index is -3.75. The number of benzene rings is 1. The summed E-state index contributed by atoms with van der Waals surface area (Å²) < 4.78 is 27.2. The van der Waals surface area contributed by atoms with Crippen molar-refractivity contribution in [2.45, 2.75) is 30.6 Å². The Morgan fingerprint density at radius 1 is 1.38 bits per heavy atom. The third-order valence-corrected chi connectivity index (χ3v) is 5.54. The summed E-state index contributed by atoms with van der Waals surface area (Å²) in [6, 6.07) is 6.00. The van der Waals surface area contributed by atoms with Crippen molar-refractivity contribution in [2.24, 2.45) is 5.41 Å². The van der Waals surface area contributed by atoms with Crippen LogP contribution in [0.2, 0.25) is 0 Å². The average molecular weight is 309 g/mol. The van der Waals surface area contributed by atoms with Gasteiger partial charge >= 0.3 is 0 Å². The number of nitrogens with zero attached hydrogens (tertiary/aromatic N) is 1. The molecule has 7 heteroatoms. The molecule has 0 radical (unpaired) electrons. The molecule has 0 spiro atoms. The van der Waals surface area contributed by atoms with Crippen molar-refractivity contribution < 1.29 is 13.5 Å². The summed E-state index contributed by atoms with van der Waals surface area (Å²) in [5.41, 5.74) is 5.71. The topological polar surface area (TPSA) is 116 Å². The van der Waals surface area contributed by atoms with E-state index in [2.05, 4.69) is 4.72 Å². The molecule has 1 aromatic carbocycles. The summed E-state index contributed by atoms with van der Waals surface area (Å²) in [7, 11) is -3.75. The number of nitrogen functional groups attached to an aromatic ring is 1. The molecule has 21 heavy (non-hydrogen) atoms. The lowest BCUT2D eigenvalue weighted by Gasteiger charge is -2.26. The summed E-state index contributed by atoms with van der Waals surface area (Å²) in [5.74, 6) is 0. The number of aliphatic hydroxyl groups excluding tert-OH is 1. The highest BCUT2D eigenvalue weighted by Crippen LogP contribution is 2.37. The van der Waals surface area contributed by atoms with Gasteiger partial charge in [0.25, 0.3) is 0 Å². The first kappa shape index (κ1) is 15.8. The van der Waals surface area contributed by atoms with E-state index in [1.165, 1.54) is 18.2 Å². The first-order valence-electron chi connectivity index (χ1n) is 6.83. The largest absolute Gasteiger partial charge is 0.398 e. The Morgan fingerprint density at radius 2 is 2.05 bits per heavy atom. The van der Waals surface area contributed by atoms with Crippen LogP contribution in [-0.2, 0) is 10.0 Å². The van der Waals surface area contributed by atoms with Gasteiger partial charge in [0.1, 0.15) is 4.90 Å². The summed E-state index contributed by atoms with van der Waals surface area (Å²) in [5, 5.41) is 18.3. The fourth-order valence-electron chi connectivity index (χ4n) is 2.70. The van der Waals surface area contributed by atoms with E-state index in [0.717, 1.165) is 25.7 Å². The summed E-state index contributed by atoms with van der Waals surface area (Å²) in [6.07, 6.45) is 3.63. The second-order valence-corrected chi connectivity index (χ2v) is 7.29. The molecule has 4 N–H and O–H groups in total. The van der Waals surface area contributed by atoms with Crippen LogP contribution < -0.4 is 10.5 Å². The number of aliphatic hydroxyl groups is 1. The fraction of sp³-hybridized carbons (Fsp3) is 0.500. The van der Waals surface area contributed by atoms with E-state index in [1.807, 2.05) is 6.07 Å². The van der Waals surface area contributed by atoms with Crippen LogP contribution >= 0.6 is 0 Å². The van der Waals surface area contributed by atoms with Crippen LogP contribution in [0, 0.1) is 16.7 Å². The van der Waals surface area contributed by atoms with Gasteiger partial charge in [-0.05, 0) is 31.0 Å². The summed E-state index contributed by atoms with van der Waals surface area (Å²) >= 11 is 0. The zero-order valence-corrected chi connectivity index (χ0v) is 12.5. The van der Waals surface area contributed by atoms with Crippen LogP contribution in [-0.4, -0.2) is 26.7 Å². The van der Waals surface area contributed by atoms with Gasteiger partial charge in [0.2, 0.25) is 10.0 Å². The van der Waals surface area contributed by atoms with Gasteiger partial charge in [0.05, 0.1) is 17.3 Å². The van der Waals surface area contributed by atoms with Gasteiger partial charge in [-0.25, -0.2) is 13.1 Å². The van der Waals surface area contributed by atoms with E-state index in [1.54, 1.807) is 0 Å². The molecule has 1 aliphatic carbocycles. The molecule has 1 fully saturated rings. The zero-order chi connectivity index (χ0) is 15.5. The van der Waals surface area contributed by atoms with E-state index in [9.17, 15) is 13.5 Å². The smallest absolute Gasteiger partial charge is 0.242 e. The quantitative estimate of drug-likeness (QED) is 0.701. The predicted molar refractivity (Wildman–Crippen MR) is 78.7 cm³/mol. The highest BCUT2D eigenvalue weighted by Gasteiger charge is 2.34. The van der Waals surface area contributed by atoms with Crippen LogP contribution in [0.15, 0.2) is 23.1 Å². The molecule has 114 valence electrons. The molecule has 0 unspecified atom stereocenters. The molecule has 0 aliphatic heterocycles. The highest BCUT2D eigenvalue weighted by atomic mass is 32.2. The maximum absolute atomic E-state index is 12.3. The molecule has 0 aromatic heterocycles. The third kappa shape index (κ3) is 3.35. The molecule has 6 nitrogen and oxygen atoms in total. The number of nitriles is 1. The van der Waals surface area contributed by atoms with Gasteiger partial charge in [0, 0.05) is 18.6 Å². The molecule has 1 aromatic rings. The molecule has 0 amide bonds. The molecule has 0 atom stereocenters. The number of hydrogen-bond donors (Lipinski definition) is 3. The molecule has 1 saturated carbocycles. The maximum atomic E-state index is 12.3. The first-order chi connectivity index (χ1) is 9.92. The predicted octanol–water partition coefficient (Wildman–Crippen LogP) is 0.971. The molecular weight excluding hydrogens is 290 g/mol. The Kier molecular flexibility index (Phi) is 4.52. The minimum absolute atomic E-state index is 0.0294. The van der Waals surface area contributed by atoms with Crippen molar-refractivity contribution in [3.05, 3.63) is 23.8 Å². The van der Waals surface area contributed by atoms with Crippen molar-refractivity contribution >= 4 is 15.7 Å².